The Morgan fingerprint density at radius 3 is 2.65 bits per heavy atom. The Morgan fingerprint density at radius 1 is 1.17 bits per heavy atom. The number of phenolic OH excluding ortho intramolecular Hbond substituents is 1. The van der Waals surface area contributed by atoms with E-state index in [9.17, 15) is 5.11 Å². The third-order valence-electron chi connectivity index (χ3n) is 4.20. The maximum absolute atomic E-state index is 9.54. The molecule has 1 aromatic heterocycles. The lowest BCUT2D eigenvalue weighted by Gasteiger charge is -2.35. The molecule has 0 unspecified atom stereocenters. The average molecular weight is 308 g/mol. The van der Waals surface area contributed by atoms with Crippen molar-refractivity contribution in [3.05, 3.63) is 53.2 Å². The van der Waals surface area contributed by atoms with Crippen LogP contribution in [0.2, 0.25) is 0 Å². The fourth-order valence-corrected chi connectivity index (χ4v) is 2.86. The van der Waals surface area contributed by atoms with Crippen LogP contribution in [0.4, 0.5) is 5.82 Å². The summed E-state index contributed by atoms with van der Waals surface area (Å²) in [6, 6.07) is 13.5. The second-order valence-corrected chi connectivity index (χ2v) is 5.88. The molecule has 0 saturated carbocycles. The molecule has 2 aromatic rings. The number of hydrogen-bond acceptors (Lipinski definition) is 5. The van der Waals surface area contributed by atoms with E-state index in [0.29, 0.717) is 11.4 Å². The van der Waals surface area contributed by atoms with E-state index in [0.717, 1.165) is 49.7 Å². The average Bonchev–Trinajstić information content (AvgIpc) is 2.56. The van der Waals surface area contributed by atoms with E-state index in [-0.39, 0.29) is 0 Å². The number of piperazine rings is 1. The van der Waals surface area contributed by atoms with E-state index >= 15 is 0 Å². The summed E-state index contributed by atoms with van der Waals surface area (Å²) in [5.74, 6) is 1.19. The van der Waals surface area contributed by atoms with Crippen molar-refractivity contribution in [3.63, 3.8) is 0 Å². The van der Waals surface area contributed by atoms with Gasteiger partial charge in [0.15, 0.2) is 0 Å². The van der Waals surface area contributed by atoms with Crippen LogP contribution >= 0.6 is 0 Å². The first-order chi connectivity index (χ1) is 11.2. The van der Waals surface area contributed by atoms with E-state index in [4.69, 9.17) is 5.26 Å². The summed E-state index contributed by atoms with van der Waals surface area (Å²) in [6.45, 7) is 6.40. The largest absolute Gasteiger partial charge is 0.508 e. The Kier molecular flexibility index (Phi) is 4.45. The molecule has 5 nitrogen and oxygen atoms in total. The summed E-state index contributed by atoms with van der Waals surface area (Å²) >= 11 is 0. The molecule has 1 aliphatic heterocycles. The smallest absolute Gasteiger partial charge is 0.145 e. The minimum atomic E-state index is 0.314. The Labute approximate surface area is 136 Å². The van der Waals surface area contributed by atoms with Gasteiger partial charge in [-0.15, -0.1) is 0 Å². The van der Waals surface area contributed by atoms with Gasteiger partial charge >= 0.3 is 0 Å². The molecule has 0 atom stereocenters. The van der Waals surface area contributed by atoms with Crippen molar-refractivity contribution in [1.82, 2.24) is 9.88 Å². The van der Waals surface area contributed by atoms with Gasteiger partial charge in [0.1, 0.15) is 23.3 Å². The van der Waals surface area contributed by atoms with Crippen LogP contribution in [-0.2, 0) is 6.54 Å². The molecule has 0 amide bonds. The van der Waals surface area contributed by atoms with Gasteiger partial charge in [0, 0.05) is 32.7 Å². The van der Waals surface area contributed by atoms with Gasteiger partial charge in [-0.3, -0.25) is 4.90 Å². The number of rotatable bonds is 3. The Bertz CT molecular complexity index is 730. The number of aryl methyl sites for hydroxylation is 1. The molecule has 118 valence electrons. The number of anilines is 1. The van der Waals surface area contributed by atoms with Crippen molar-refractivity contribution in [2.45, 2.75) is 13.5 Å². The van der Waals surface area contributed by atoms with Gasteiger partial charge in [-0.1, -0.05) is 18.2 Å². The van der Waals surface area contributed by atoms with Crippen LogP contribution in [0.3, 0.4) is 0 Å². The zero-order valence-electron chi connectivity index (χ0n) is 13.2. The van der Waals surface area contributed by atoms with Crippen LogP contribution in [0, 0.1) is 18.3 Å². The predicted molar refractivity (Wildman–Crippen MR) is 89.3 cm³/mol. The molecule has 3 rings (SSSR count). The normalized spacial score (nSPS) is 15.4. The van der Waals surface area contributed by atoms with Gasteiger partial charge in [-0.2, -0.15) is 5.26 Å². The van der Waals surface area contributed by atoms with Gasteiger partial charge in [-0.25, -0.2) is 4.98 Å². The third-order valence-corrected chi connectivity index (χ3v) is 4.20. The molecular formula is C18H20N4O. The number of nitriles is 1. The van der Waals surface area contributed by atoms with Gasteiger partial charge in [0.05, 0.1) is 0 Å². The fourth-order valence-electron chi connectivity index (χ4n) is 2.86. The molecule has 1 N–H and O–H groups in total. The van der Waals surface area contributed by atoms with E-state index < -0.39 is 0 Å². The highest BCUT2D eigenvalue weighted by Gasteiger charge is 2.18. The van der Waals surface area contributed by atoms with Crippen LogP contribution in [-0.4, -0.2) is 41.2 Å². The molecule has 5 heteroatoms. The first-order valence-corrected chi connectivity index (χ1v) is 7.78. The first-order valence-electron chi connectivity index (χ1n) is 7.78. The first kappa shape index (κ1) is 15.3. The maximum atomic E-state index is 9.54. The second-order valence-electron chi connectivity index (χ2n) is 5.88. The molecule has 0 spiro atoms. The molecule has 23 heavy (non-hydrogen) atoms. The van der Waals surface area contributed by atoms with Crippen LogP contribution in [0.25, 0.3) is 0 Å². The monoisotopic (exact) mass is 308 g/mol. The summed E-state index contributed by atoms with van der Waals surface area (Å²) in [4.78, 5) is 9.04. The molecule has 0 radical (unpaired) electrons. The SMILES string of the molecule is Cc1ccc(N2CCN(Cc3cccc(O)c3)CC2)nc1C#N. The lowest BCUT2D eigenvalue weighted by molar-refractivity contribution is 0.249. The zero-order chi connectivity index (χ0) is 16.2. The van der Waals surface area contributed by atoms with E-state index in [1.165, 1.54) is 0 Å². The second kappa shape index (κ2) is 6.67. The highest BCUT2D eigenvalue weighted by Crippen LogP contribution is 2.18. The van der Waals surface area contributed by atoms with Crippen molar-refractivity contribution >= 4 is 5.82 Å². The standard InChI is InChI=1S/C18H20N4O/c1-14-5-6-18(20-17(14)12-19)22-9-7-21(8-10-22)13-15-3-2-4-16(23)11-15/h2-6,11,23H,7-10,13H2,1H3. The Hall–Kier alpha value is -2.58. The summed E-state index contributed by atoms with van der Waals surface area (Å²) in [5, 5.41) is 18.7. The predicted octanol–water partition coefficient (Wildman–Crippen LogP) is 2.29. The highest BCUT2D eigenvalue weighted by molar-refractivity contribution is 5.45. The molecule has 1 fully saturated rings. The van der Waals surface area contributed by atoms with Gasteiger partial charge in [0.25, 0.3) is 0 Å². The number of phenols is 1. The van der Waals surface area contributed by atoms with Gasteiger partial charge in [0.2, 0.25) is 0 Å². The molecular weight excluding hydrogens is 288 g/mol. The number of pyridine rings is 1. The lowest BCUT2D eigenvalue weighted by atomic mass is 10.2. The zero-order valence-corrected chi connectivity index (χ0v) is 13.2. The van der Waals surface area contributed by atoms with Crippen LogP contribution in [0.1, 0.15) is 16.8 Å². The number of hydrogen-bond donors (Lipinski definition) is 1. The van der Waals surface area contributed by atoms with E-state index in [1.807, 2.05) is 37.3 Å². The molecule has 1 aromatic carbocycles. The number of nitrogens with zero attached hydrogens (tertiary/aromatic N) is 4. The number of aromatic hydroxyl groups is 1. The van der Waals surface area contributed by atoms with Crippen LogP contribution in [0.5, 0.6) is 5.75 Å². The van der Waals surface area contributed by atoms with Crippen molar-refractivity contribution in [1.29, 1.82) is 5.26 Å². The van der Waals surface area contributed by atoms with Gasteiger partial charge < -0.3 is 10.0 Å². The molecule has 1 saturated heterocycles. The van der Waals surface area contributed by atoms with E-state index in [2.05, 4.69) is 20.9 Å². The van der Waals surface area contributed by atoms with Crippen molar-refractivity contribution in [2.75, 3.05) is 31.1 Å². The van der Waals surface area contributed by atoms with Crippen molar-refractivity contribution in [2.24, 2.45) is 0 Å². The quantitative estimate of drug-likeness (QED) is 0.942. The topological polar surface area (TPSA) is 63.4 Å². The summed E-state index contributed by atoms with van der Waals surface area (Å²) in [7, 11) is 0. The highest BCUT2D eigenvalue weighted by atomic mass is 16.3. The van der Waals surface area contributed by atoms with Crippen molar-refractivity contribution < 1.29 is 5.11 Å². The minimum absolute atomic E-state index is 0.314. The summed E-state index contributed by atoms with van der Waals surface area (Å²) in [5.41, 5.74) is 2.54. The van der Waals surface area contributed by atoms with Crippen LogP contribution < -0.4 is 4.90 Å². The summed E-state index contributed by atoms with van der Waals surface area (Å²) in [6.07, 6.45) is 0. The van der Waals surface area contributed by atoms with Crippen molar-refractivity contribution in [3.8, 4) is 11.8 Å². The molecule has 0 bridgehead atoms. The fraction of sp³-hybridized carbons (Fsp3) is 0.333. The maximum Gasteiger partial charge on any atom is 0.145 e. The third kappa shape index (κ3) is 3.61. The Morgan fingerprint density at radius 2 is 1.96 bits per heavy atom. The van der Waals surface area contributed by atoms with E-state index in [1.54, 1.807) is 6.07 Å². The lowest BCUT2D eigenvalue weighted by Crippen LogP contribution is -2.46. The van der Waals surface area contributed by atoms with Crippen LogP contribution in [0.15, 0.2) is 36.4 Å². The number of aromatic nitrogens is 1. The summed E-state index contributed by atoms with van der Waals surface area (Å²) < 4.78 is 0. The minimum Gasteiger partial charge on any atom is -0.508 e. The molecule has 0 aliphatic carbocycles. The van der Waals surface area contributed by atoms with Gasteiger partial charge in [-0.05, 0) is 36.2 Å². The molecule has 2 heterocycles. The Balaban J connectivity index is 1.61. The number of benzene rings is 1. The molecule has 1 aliphatic rings.